The molecule has 1 fully saturated rings. The van der Waals surface area contributed by atoms with Gasteiger partial charge in [0.15, 0.2) is 23.6 Å². The van der Waals surface area contributed by atoms with Gasteiger partial charge in [-0.15, -0.1) is 0 Å². The summed E-state index contributed by atoms with van der Waals surface area (Å²) in [6.45, 7) is 36.1. The van der Waals surface area contributed by atoms with E-state index < -0.39 is 278 Å². The van der Waals surface area contributed by atoms with Crippen LogP contribution in [-0.4, -0.2) is 388 Å². The third-order valence-electron chi connectivity index (χ3n) is 21.5. The van der Waals surface area contributed by atoms with Crippen LogP contribution in [0.4, 0.5) is 0 Å². The highest BCUT2D eigenvalue weighted by Crippen LogP contribution is 2.30. The van der Waals surface area contributed by atoms with Gasteiger partial charge in [-0.3, -0.25) is 21.0 Å². The van der Waals surface area contributed by atoms with Gasteiger partial charge in [-0.2, -0.15) is 0 Å². The minimum atomic E-state index is -1.89. The summed E-state index contributed by atoms with van der Waals surface area (Å²) < 4.78 is 0. The summed E-state index contributed by atoms with van der Waals surface area (Å²) in [5.74, 6) is -18.2. The van der Waals surface area contributed by atoms with E-state index in [1.54, 1.807) is 71.9 Å². The van der Waals surface area contributed by atoms with Gasteiger partial charge in [0.2, 0.25) is 106 Å². The van der Waals surface area contributed by atoms with Gasteiger partial charge in [0.05, 0.1) is 12.6 Å². The van der Waals surface area contributed by atoms with Gasteiger partial charge in [-0.25, -0.2) is 94.9 Å². The van der Waals surface area contributed by atoms with Gasteiger partial charge in [0.1, 0.15) is 111 Å². The second-order valence-electron chi connectivity index (χ2n) is 38.7. The van der Waals surface area contributed by atoms with Crippen molar-refractivity contribution in [1.29, 1.82) is 16.2 Å². The maximum absolute atomic E-state index is 14.6. The maximum Gasteiger partial charge on any atom is 0.250 e. The van der Waals surface area contributed by atoms with Crippen LogP contribution in [-0.2, 0) is 11.2 Å². The summed E-state index contributed by atoms with van der Waals surface area (Å²) in [6.07, 6.45) is -1.13. The normalized spacial score (nSPS) is 19.1. The van der Waals surface area contributed by atoms with E-state index in [2.05, 4.69) is 94.9 Å². The number of hydrogen-bond donors (Lipinski definition) is 26. The van der Waals surface area contributed by atoms with Crippen LogP contribution in [0.5, 0.6) is 0 Å². The molecule has 0 saturated carbocycles. The van der Waals surface area contributed by atoms with Crippen molar-refractivity contribution in [2.24, 2.45) is 113 Å². The number of carbonyl (C=O) groups is 1. The largest absolute Gasteiger partial charge is 0.497 e. The number of rotatable bonds is 55. The summed E-state index contributed by atoms with van der Waals surface area (Å²) in [5, 5.41) is 277. The fourth-order valence-electron chi connectivity index (χ4n) is 12.8. The molecule has 47 heteroatoms. The molecule has 0 aliphatic carbocycles. The molecule has 0 radical (unpaired) electrons. The van der Waals surface area contributed by atoms with Crippen molar-refractivity contribution in [2.75, 3.05) is 19.7 Å². The van der Waals surface area contributed by atoms with E-state index in [4.69, 9.17) is 16.2 Å². The monoisotopic (exact) mass is 1950 g/mol. The van der Waals surface area contributed by atoms with E-state index in [-0.39, 0.29) is 63.3 Å². The molecule has 12 unspecified atom stereocenters. The van der Waals surface area contributed by atoms with Gasteiger partial charge >= 0.3 is 0 Å². The van der Waals surface area contributed by atoms with E-state index in [9.17, 15) is 122 Å². The first-order chi connectivity index (χ1) is 63.2. The van der Waals surface area contributed by atoms with E-state index in [0.717, 1.165) is 5.56 Å². The molecular weight excluding hydrogens is 1800 g/mol. The molecule has 1 heterocycles. The van der Waals surface area contributed by atoms with Crippen molar-refractivity contribution in [3.63, 3.8) is 0 Å². The van der Waals surface area contributed by atoms with Gasteiger partial charge in [-0.1, -0.05) is 78.3 Å². The number of carbonyl (C=O) groups excluding carboxylic acids is 1. The Bertz CT molecular complexity index is 4950. The fraction of sp³-hybridized carbons (Fsp3) is 0.681. The molecule has 0 bridgehead atoms. The first-order valence-electron chi connectivity index (χ1n) is 45.2. The predicted octanol–water partition coefficient (Wildman–Crippen LogP) is 14.1. The summed E-state index contributed by atoms with van der Waals surface area (Å²) in [7, 11) is 0. The highest BCUT2D eigenvalue weighted by atomic mass is 16.3. The lowest BCUT2D eigenvalue weighted by atomic mass is 9.97. The van der Waals surface area contributed by atoms with Gasteiger partial charge in [-0.05, 0) is 200 Å². The molecule has 26 N–H and O–H groups in total. The minimum Gasteiger partial charge on any atom is -0.497 e. The first kappa shape index (κ1) is 121. The van der Waals surface area contributed by atoms with Crippen molar-refractivity contribution in [1.82, 2.24) is 4.90 Å². The lowest BCUT2D eigenvalue weighted by molar-refractivity contribution is -0.135. The Balaban J connectivity index is 2.55. The zero-order valence-electron chi connectivity index (χ0n) is 84.0. The van der Waals surface area contributed by atoms with Crippen molar-refractivity contribution in [2.45, 2.75) is 361 Å². The number of nitrogens with zero attached hydrogens (tertiary/aromatic N) is 20. The molecule has 0 spiro atoms. The third-order valence-corrected chi connectivity index (χ3v) is 21.5. The molecule has 1 aliphatic heterocycles. The van der Waals surface area contributed by atoms with Gasteiger partial charge in [0, 0.05) is 32.7 Å². The standard InChI is InChI=1S/C91H151N23O24/c1-27-48(6)65(105-80(135)86(15,16)108-71(126)57(37-40-62(94)119)103-79(134)88(19,20)112-81(136)89(21,22)107-68(123)51(9)97-66(121)49(7)96-67(122)50(8)98-77(132)85(13,14)106-52(10)116)75(130)111-84(11,12)76(131)95-44-63(120)100-58(42-46(2)3)72(127)109-91(25,26)83(138)114-41-31-34-59(114)73(128)104-64(47(4)5)74(129)110-90(23,24)82(137)113-87(17,18)78(133)102-56(36-39-61(93)118)70(125)101-55(35-38-60(92)117)69(124)99-54(45-115)43-53-32-29-28-30-33-53/h28-30,32-33,46-51,54-59,64-65,115H,27,31,34-45H2,1-26H3,(H2,92,117)(H2,93,118)(H2,94,119)(H,95,131)(H,96,122)(H,97,121)(H,98,132)(H,99,124)(H,100,120)(H,101,125)(H,102,133)(H,103,134)(H,104,128)(H,105,135)(H,106,116)(H,107,123)(H,108,126)(H,109,127)(H,110,129)(H,111,130)(H,112,136)(H,113,137). The number of likely N-dealkylation sites (tertiary alicyclic amines) is 1. The summed E-state index contributed by atoms with van der Waals surface area (Å²) in [5.41, 5.74) is -13.4. The Labute approximate surface area is 805 Å². The smallest absolute Gasteiger partial charge is 0.250 e. The molecule has 1 aromatic rings. The Morgan fingerprint density at radius 1 is 0.399 bits per heavy atom. The van der Waals surface area contributed by atoms with Crippen molar-refractivity contribution >= 4 is 136 Å². The fourth-order valence-corrected chi connectivity index (χ4v) is 12.8. The quantitative estimate of drug-likeness (QED) is 0.0213. The molecule has 1 aromatic carbocycles. The zero-order valence-corrected chi connectivity index (χ0v) is 84.0. The van der Waals surface area contributed by atoms with Crippen LogP contribution in [0, 0.1) is 34.0 Å². The SMILES string of the molecule is CCC(C)C(N=C(O)C(C)(C)N=C(O)C(CCC(=N)O)N=C(O)C(C)(C)N=C(O)C(C)(C)N=C(O)C(C)N=C(O)C(C)N=C(O)C(C)N=C(O)C(C)(C)N=C(C)O)C(O)=NC(C)(C)C(O)=NCC(O)=NC(CC(C)C)C(O)=NC(C)(C)C(=O)N1CCCC1C(O)=NC(C(O)=NC(C)(C)C(O)=NC(C)(C)C(O)=NC(CCC(=N)O)C(O)=NC(CCC(=N)O)C(O)=NC(CO)Cc1ccccc1)C(C)C. The number of amides is 1. The molecule has 1 saturated heterocycles. The predicted molar refractivity (Wildman–Crippen MR) is 544 cm³/mol. The highest BCUT2D eigenvalue weighted by Gasteiger charge is 2.44. The molecule has 2 rings (SSSR count). The first-order valence-corrected chi connectivity index (χ1v) is 45.2. The van der Waals surface area contributed by atoms with Crippen LogP contribution >= 0.6 is 0 Å². The van der Waals surface area contributed by atoms with Gasteiger partial charge in [0.25, 0.3) is 5.91 Å². The highest BCUT2D eigenvalue weighted by molar-refractivity contribution is 6.00. The number of aliphatic hydroxyl groups excluding tert-OH is 23. The summed E-state index contributed by atoms with van der Waals surface area (Å²) in [6, 6.07) is -5.32. The number of hydrogen-bond acceptors (Lipinski definition) is 24. The topological polar surface area (TPSA) is 792 Å². The second kappa shape index (κ2) is 52.0. The van der Waals surface area contributed by atoms with Crippen molar-refractivity contribution in [3.8, 4) is 0 Å². The molecule has 138 heavy (non-hydrogen) atoms. The molecule has 774 valence electrons. The Morgan fingerprint density at radius 3 is 1.22 bits per heavy atom. The summed E-state index contributed by atoms with van der Waals surface area (Å²) in [4.78, 5) is 95.6. The van der Waals surface area contributed by atoms with Gasteiger partial charge < -0.3 is 122 Å². The van der Waals surface area contributed by atoms with Crippen LogP contribution < -0.4 is 0 Å². The van der Waals surface area contributed by atoms with Crippen LogP contribution in [0.3, 0.4) is 0 Å². The summed E-state index contributed by atoms with van der Waals surface area (Å²) >= 11 is 0. The van der Waals surface area contributed by atoms with Crippen LogP contribution in [0.1, 0.15) is 250 Å². The lowest BCUT2D eigenvalue weighted by Crippen LogP contribution is -2.50. The molecule has 1 aliphatic rings. The number of nitrogens with one attached hydrogen (secondary N) is 3. The Hall–Kier alpha value is -13.0. The average molecular weight is 1950 g/mol. The van der Waals surface area contributed by atoms with E-state index >= 15 is 0 Å². The van der Waals surface area contributed by atoms with E-state index in [1.807, 2.05) is 0 Å². The Morgan fingerprint density at radius 2 is 0.775 bits per heavy atom. The second-order valence-corrected chi connectivity index (χ2v) is 38.7. The van der Waals surface area contributed by atoms with Crippen LogP contribution in [0.15, 0.2) is 125 Å². The van der Waals surface area contributed by atoms with E-state index in [0.29, 0.717) is 12.8 Å². The lowest BCUT2D eigenvalue weighted by Gasteiger charge is -2.31. The number of aliphatic imine (C=N–C) groups is 19. The minimum absolute atomic E-state index is 0.0456. The van der Waals surface area contributed by atoms with Crippen molar-refractivity contribution < 1.29 is 122 Å². The molecular formula is C91H151N23O24. The molecule has 0 aromatic heterocycles. The maximum atomic E-state index is 14.6. The molecule has 1 amide bonds. The van der Waals surface area contributed by atoms with Crippen molar-refractivity contribution in [3.05, 3.63) is 35.9 Å². The zero-order chi connectivity index (χ0) is 106. The van der Waals surface area contributed by atoms with Crippen LogP contribution in [0.2, 0.25) is 0 Å². The Kier molecular flexibility index (Phi) is 45.6. The molecule has 47 nitrogen and oxygen atoms in total. The average Bonchev–Trinajstić information content (AvgIpc) is 1.36. The van der Waals surface area contributed by atoms with Crippen LogP contribution in [0.25, 0.3) is 0 Å². The number of benzene rings is 1. The number of aliphatic hydroxyl groups is 23. The molecule has 12 atom stereocenters. The van der Waals surface area contributed by atoms with E-state index in [1.165, 1.54) is 143 Å². The third kappa shape index (κ3) is 38.9.